The molecular weight excluding hydrogens is 312 g/mol. The Bertz CT molecular complexity index is 843. The van der Waals surface area contributed by atoms with E-state index in [-0.39, 0.29) is 23.4 Å². The van der Waals surface area contributed by atoms with Crippen LogP contribution < -0.4 is 10.9 Å². The maximum Gasteiger partial charge on any atom is 0.252 e. The Labute approximate surface area is 139 Å². The molecule has 1 aromatic heterocycles. The van der Waals surface area contributed by atoms with Crippen LogP contribution in [0.3, 0.4) is 0 Å². The first-order chi connectivity index (χ1) is 11.1. The maximum absolute atomic E-state index is 12.9. The number of benzene rings is 1. The van der Waals surface area contributed by atoms with Crippen LogP contribution in [0.4, 0.5) is 5.82 Å². The third-order valence-corrected chi connectivity index (χ3v) is 5.08. The molecule has 118 valence electrons. The third kappa shape index (κ3) is 2.38. The number of hydrogen-bond acceptors (Lipinski definition) is 3. The van der Waals surface area contributed by atoms with E-state index in [9.17, 15) is 9.59 Å². The average Bonchev–Trinajstić information content (AvgIpc) is 2.95. The number of nitrogens with zero attached hydrogens (tertiary/aromatic N) is 1. The van der Waals surface area contributed by atoms with Crippen molar-refractivity contribution in [2.75, 3.05) is 5.32 Å². The molecule has 1 aliphatic heterocycles. The Morgan fingerprint density at radius 2 is 2.00 bits per heavy atom. The van der Waals surface area contributed by atoms with E-state index >= 15 is 0 Å². The highest BCUT2D eigenvalue weighted by molar-refractivity contribution is 6.31. The number of ketones is 1. The van der Waals surface area contributed by atoms with Gasteiger partial charge in [-0.15, -0.1) is 0 Å². The number of aromatic nitrogens is 1. The SMILES string of the molecule is O=C(c1cccc(Cl)c1)c1ccc(=O)n2c1N[C@@H]1CCCC[C@@H]12. The van der Waals surface area contributed by atoms with Crippen molar-refractivity contribution in [2.24, 2.45) is 0 Å². The molecule has 4 nitrogen and oxygen atoms in total. The molecule has 5 heteroatoms. The summed E-state index contributed by atoms with van der Waals surface area (Å²) in [6.07, 6.45) is 4.31. The normalized spacial score (nSPS) is 22.1. The second-order valence-corrected chi connectivity index (χ2v) is 6.68. The van der Waals surface area contributed by atoms with E-state index in [2.05, 4.69) is 5.32 Å². The molecule has 1 aliphatic carbocycles. The van der Waals surface area contributed by atoms with Gasteiger partial charge in [-0.05, 0) is 31.0 Å². The Morgan fingerprint density at radius 1 is 1.17 bits per heavy atom. The Kier molecular flexibility index (Phi) is 3.49. The fourth-order valence-corrected chi connectivity index (χ4v) is 3.95. The van der Waals surface area contributed by atoms with E-state index in [1.54, 1.807) is 34.9 Å². The minimum atomic E-state index is -0.109. The van der Waals surface area contributed by atoms with E-state index < -0.39 is 0 Å². The molecule has 0 bridgehead atoms. The number of anilines is 1. The largest absolute Gasteiger partial charge is 0.366 e. The van der Waals surface area contributed by atoms with Crippen LogP contribution >= 0.6 is 11.6 Å². The summed E-state index contributed by atoms with van der Waals surface area (Å²) >= 11 is 6.00. The number of rotatable bonds is 2. The van der Waals surface area contributed by atoms with Crippen molar-refractivity contribution in [2.45, 2.75) is 37.8 Å². The van der Waals surface area contributed by atoms with Crippen LogP contribution in [0.1, 0.15) is 47.6 Å². The summed E-state index contributed by atoms with van der Waals surface area (Å²) in [5.41, 5.74) is 1.04. The summed E-state index contributed by atoms with van der Waals surface area (Å²) in [5.74, 6) is 0.557. The molecule has 1 fully saturated rings. The second-order valence-electron chi connectivity index (χ2n) is 6.25. The fourth-order valence-electron chi connectivity index (χ4n) is 3.76. The topological polar surface area (TPSA) is 51.1 Å². The van der Waals surface area contributed by atoms with E-state index in [1.807, 2.05) is 0 Å². The van der Waals surface area contributed by atoms with Gasteiger partial charge in [0.25, 0.3) is 5.56 Å². The van der Waals surface area contributed by atoms with Crippen LogP contribution in [0.25, 0.3) is 0 Å². The van der Waals surface area contributed by atoms with E-state index in [4.69, 9.17) is 11.6 Å². The summed E-state index contributed by atoms with van der Waals surface area (Å²) in [6.45, 7) is 0. The number of hydrogen-bond donors (Lipinski definition) is 1. The van der Waals surface area contributed by atoms with Crippen LogP contribution in [-0.4, -0.2) is 16.4 Å². The van der Waals surface area contributed by atoms with Gasteiger partial charge in [-0.1, -0.05) is 36.6 Å². The van der Waals surface area contributed by atoms with Gasteiger partial charge in [0.15, 0.2) is 5.78 Å². The highest BCUT2D eigenvalue weighted by atomic mass is 35.5. The van der Waals surface area contributed by atoms with Crippen molar-refractivity contribution in [3.05, 3.63) is 62.9 Å². The molecule has 0 unspecified atom stereocenters. The molecule has 2 heterocycles. The third-order valence-electron chi connectivity index (χ3n) is 4.84. The molecule has 0 spiro atoms. The maximum atomic E-state index is 12.9. The van der Waals surface area contributed by atoms with E-state index in [0.717, 1.165) is 25.7 Å². The molecule has 1 saturated carbocycles. The van der Waals surface area contributed by atoms with Crippen LogP contribution in [0.15, 0.2) is 41.2 Å². The Hall–Kier alpha value is -2.07. The van der Waals surface area contributed by atoms with Crippen molar-refractivity contribution in [1.29, 1.82) is 0 Å². The number of halogens is 1. The quantitative estimate of drug-likeness (QED) is 0.856. The molecule has 4 rings (SSSR count). The predicted molar refractivity (Wildman–Crippen MR) is 90.5 cm³/mol. The number of pyridine rings is 1. The molecule has 1 aromatic carbocycles. The molecule has 2 aliphatic rings. The monoisotopic (exact) mass is 328 g/mol. The van der Waals surface area contributed by atoms with E-state index in [1.165, 1.54) is 6.07 Å². The molecule has 23 heavy (non-hydrogen) atoms. The first kappa shape index (κ1) is 14.5. The summed E-state index contributed by atoms with van der Waals surface area (Å²) in [6, 6.07) is 10.5. The van der Waals surface area contributed by atoms with Crippen molar-refractivity contribution in [3.63, 3.8) is 0 Å². The van der Waals surface area contributed by atoms with Crippen molar-refractivity contribution in [1.82, 2.24) is 4.57 Å². The molecule has 0 amide bonds. The zero-order valence-electron chi connectivity index (χ0n) is 12.6. The Morgan fingerprint density at radius 3 is 2.83 bits per heavy atom. The smallest absolute Gasteiger partial charge is 0.252 e. The van der Waals surface area contributed by atoms with Gasteiger partial charge in [0, 0.05) is 22.7 Å². The molecule has 0 saturated heterocycles. The summed E-state index contributed by atoms with van der Waals surface area (Å²) in [7, 11) is 0. The summed E-state index contributed by atoms with van der Waals surface area (Å²) in [4.78, 5) is 25.2. The lowest BCUT2D eigenvalue weighted by Crippen LogP contribution is -2.29. The summed E-state index contributed by atoms with van der Waals surface area (Å²) < 4.78 is 1.78. The number of carbonyl (C=O) groups is 1. The zero-order chi connectivity index (χ0) is 16.0. The number of nitrogens with one attached hydrogen (secondary N) is 1. The lowest BCUT2D eigenvalue weighted by molar-refractivity contribution is 0.103. The lowest BCUT2D eigenvalue weighted by Gasteiger charge is -2.25. The average molecular weight is 329 g/mol. The van der Waals surface area contributed by atoms with Gasteiger partial charge >= 0.3 is 0 Å². The highest BCUT2D eigenvalue weighted by Crippen LogP contribution is 2.38. The first-order valence-corrected chi connectivity index (χ1v) is 8.35. The lowest BCUT2D eigenvalue weighted by atomic mass is 9.91. The van der Waals surface area contributed by atoms with Crippen LogP contribution in [0, 0.1) is 0 Å². The predicted octanol–water partition coefficient (Wildman–Crippen LogP) is 3.64. The minimum absolute atomic E-state index is 0.0375. The van der Waals surface area contributed by atoms with Crippen molar-refractivity contribution < 1.29 is 4.79 Å². The Balaban J connectivity index is 1.81. The number of carbonyl (C=O) groups excluding carboxylic acids is 1. The van der Waals surface area contributed by atoms with Gasteiger partial charge in [-0.3, -0.25) is 14.2 Å². The molecule has 0 radical (unpaired) electrons. The van der Waals surface area contributed by atoms with Gasteiger partial charge in [-0.25, -0.2) is 0 Å². The van der Waals surface area contributed by atoms with Gasteiger partial charge in [0.05, 0.1) is 11.6 Å². The molecule has 2 aromatic rings. The van der Waals surface area contributed by atoms with Gasteiger partial charge < -0.3 is 5.32 Å². The fraction of sp³-hybridized carbons (Fsp3) is 0.333. The molecule has 1 N–H and O–H groups in total. The van der Waals surface area contributed by atoms with Crippen LogP contribution in [-0.2, 0) is 0 Å². The molecular formula is C18H17ClN2O2. The van der Waals surface area contributed by atoms with Gasteiger partial charge in [0.2, 0.25) is 0 Å². The van der Waals surface area contributed by atoms with Crippen molar-refractivity contribution >= 4 is 23.2 Å². The van der Waals surface area contributed by atoms with E-state index in [0.29, 0.717) is 22.0 Å². The zero-order valence-corrected chi connectivity index (χ0v) is 13.3. The summed E-state index contributed by atoms with van der Waals surface area (Å²) in [5, 5.41) is 3.95. The minimum Gasteiger partial charge on any atom is -0.366 e. The highest BCUT2D eigenvalue weighted by Gasteiger charge is 2.36. The van der Waals surface area contributed by atoms with Crippen molar-refractivity contribution in [3.8, 4) is 0 Å². The van der Waals surface area contributed by atoms with Crippen LogP contribution in [0.2, 0.25) is 5.02 Å². The van der Waals surface area contributed by atoms with Crippen LogP contribution in [0.5, 0.6) is 0 Å². The van der Waals surface area contributed by atoms with Gasteiger partial charge in [0.1, 0.15) is 5.82 Å². The molecule has 2 atom stereocenters. The second kappa shape index (κ2) is 5.53. The standard InChI is InChI=1S/C18H17ClN2O2/c19-12-5-3-4-11(10-12)17(23)13-8-9-16(22)21-15-7-2-1-6-14(15)20-18(13)21/h3-5,8-10,14-15,20H,1-2,6-7H2/t14-,15+/m1/s1. The first-order valence-electron chi connectivity index (χ1n) is 7.97. The number of fused-ring (bicyclic) bond motifs is 3. The van der Waals surface area contributed by atoms with Gasteiger partial charge in [-0.2, -0.15) is 0 Å².